The Bertz CT molecular complexity index is 664. The van der Waals surface area contributed by atoms with Gasteiger partial charge in [-0.15, -0.1) is 0 Å². The summed E-state index contributed by atoms with van der Waals surface area (Å²) in [6.07, 6.45) is 10.9. The van der Waals surface area contributed by atoms with Gasteiger partial charge < -0.3 is 16.4 Å². The highest BCUT2D eigenvalue weighted by molar-refractivity contribution is 5.86. The minimum Gasteiger partial charge on any atom is -0.370 e. The molecule has 2 aromatic heterocycles. The Morgan fingerprint density at radius 3 is 2.80 bits per heavy atom. The van der Waals surface area contributed by atoms with Crippen molar-refractivity contribution in [3.63, 3.8) is 0 Å². The standard InChI is InChI=1S/C17H30N8/c1-3-4-5-6-7-8-9-20-17(18)21-11-10-19-15-14-12-24-25(2)16(14)23-13-22-15/h12-13H,3-11H2,1-2H3,(H3,18,20,21)(H,19,22,23). The third-order valence-electron chi connectivity index (χ3n) is 4.05. The molecule has 0 unspecified atom stereocenters. The van der Waals surface area contributed by atoms with Crippen LogP contribution in [0.2, 0.25) is 0 Å². The van der Waals surface area contributed by atoms with Gasteiger partial charge in [0.15, 0.2) is 11.6 Å². The fraction of sp³-hybridized carbons (Fsp3) is 0.647. The lowest BCUT2D eigenvalue weighted by atomic mass is 10.1. The molecule has 0 aliphatic rings. The number of aryl methyl sites for hydroxylation is 1. The summed E-state index contributed by atoms with van der Waals surface area (Å²) in [5, 5.41) is 11.5. The molecule has 0 radical (unpaired) electrons. The number of aliphatic imine (C=N–C) groups is 1. The van der Waals surface area contributed by atoms with Gasteiger partial charge in [-0.2, -0.15) is 5.10 Å². The molecule has 0 aliphatic heterocycles. The molecule has 0 atom stereocenters. The molecule has 0 bridgehead atoms. The molecule has 0 aliphatic carbocycles. The molecular weight excluding hydrogens is 316 g/mol. The zero-order valence-electron chi connectivity index (χ0n) is 15.3. The molecule has 0 aromatic carbocycles. The molecule has 8 nitrogen and oxygen atoms in total. The summed E-state index contributed by atoms with van der Waals surface area (Å²) in [6, 6.07) is 0. The van der Waals surface area contributed by atoms with Crippen molar-refractivity contribution >= 4 is 22.8 Å². The smallest absolute Gasteiger partial charge is 0.188 e. The van der Waals surface area contributed by atoms with Crippen molar-refractivity contribution in [3.8, 4) is 0 Å². The molecular formula is C17H30N8. The predicted octanol–water partition coefficient (Wildman–Crippen LogP) is 2.04. The number of nitrogens with one attached hydrogen (secondary N) is 2. The first kappa shape index (κ1) is 19.0. The molecule has 8 heteroatoms. The van der Waals surface area contributed by atoms with Crippen molar-refractivity contribution in [1.82, 2.24) is 25.1 Å². The van der Waals surface area contributed by atoms with Gasteiger partial charge in [0.1, 0.15) is 12.1 Å². The molecule has 2 aromatic rings. The Kier molecular flexibility index (Phi) is 7.94. The number of fused-ring (bicyclic) bond motifs is 1. The van der Waals surface area contributed by atoms with E-state index in [0.717, 1.165) is 29.8 Å². The number of rotatable bonds is 11. The maximum absolute atomic E-state index is 5.88. The van der Waals surface area contributed by atoms with E-state index in [1.54, 1.807) is 10.9 Å². The van der Waals surface area contributed by atoms with Crippen LogP contribution in [0.25, 0.3) is 11.0 Å². The molecule has 0 spiro atoms. The Labute approximate surface area is 149 Å². The summed E-state index contributed by atoms with van der Waals surface area (Å²) in [6.45, 7) is 4.39. The Morgan fingerprint density at radius 2 is 1.96 bits per heavy atom. The van der Waals surface area contributed by atoms with Gasteiger partial charge in [-0.1, -0.05) is 39.0 Å². The minimum absolute atomic E-state index is 0.504. The number of anilines is 1. The minimum atomic E-state index is 0.504. The van der Waals surface area contributed by atoms with Crippen molar-refractivity contribution in [2.24, 2.45) is 17.8 Å². The van der Waals surface area contributed by atoms with E-state index >= 15 is 0 Å². The lowest BCUT2D eigenvalue weighted by Crippen LogP contribution is -2.35. The van der Waals surface area contributed by atoms with Crippen molar-refractivity contribution in [2.75, 3.05) is 25.0 Å². The molecule has 2 rings (SSSR count). The van der Waals surface area contributed by atoms with Crippen LogP contribution in [0, 0.1) is 0 Å². The van der Waals surface area contributed by atoms with Crippen molar-refractivity contribution in [1.29, 1.82) is 0 Å². The molecule has 0 fully saturated rings. The fourth-order valence-corrected chi connectivity index (χ4v) is 2.62. The molecule has 138 valence electrons. The van der Waals surface area contributed by atoms with Gasteiger partial charge in [-0.25, -0.2) is 9.97 Å². The van der Waals surface area contributed by atoms with Gasteiger partial charge in [0.25, 0.3) is 0 Å². The van der Waals surface area contributed by atoms with Gasteiger partial charge in [0.05, 0.1) is 11.6 Å². The topological polar surface area (TPSA) is 106 Å². The second-order valence-corrected chi connectivity index (χ2v) is 6.12. The van der Waals surface area contributed by atoms with Crippen LogP contribution in [0.1, 0.15) is 45.4 Å². The van der Waals surface area contributed by atoms with Crippen LogP contribution in [-0.2, 0) is 7.05 Å². The van der Waals surface area contributed by atoms with Crippen LogP contribution in [0.15, 0.2) is 17.5 Å². The lowest BCUT2D eigenvalue weighted by molar-refractivity contribution is 0.611. The summed E-state index contributed by atoms with van der Waals surface area (Å²) >= 11 is 0. The first-order valence-electron chi connectivity index (χ1n) is 9.12. The van der Waals surface area contributed by atoms with Crippen LogP contribution in [0.3, 0.4) is 0 Å². The third-order valence-corrected chi connectivity index (χ3v) is 4.05. The number of hydrogen-bond donors (Lipinski definition) is 3. The second-order valence-electron chi connectivity index (χ2n) is 6.12. The van der Waals surface area contributed by atoms with E-state index in [1.807, 2.05) is 7.05 Å². The van der Waals surface area contributed by atoms with Crippen molar-refractivity contribution < 1.29 is 0 Å². The first-order valence-corrected chi connectivity index (χ1v) is 9.12. The van der Waals surface area contributed by atoms with Gasteiger partial charge in [-0.05, 0) is 6.42 Å². The highest BCUT2D eigenvalue weighted by Gasteiger charge is 2.06. The summed E-state index contributed by atoms with van der Waals surface area (Å²) < 4.78 is 1.73. The molecule has 0 saturated heterocycles. The van der Waals surface area contributed by atoms with E-state index in [-0.39, 0.29) is 0 Å². The Hall–Kier alpha value is -2.38. The number of guanidine groups is 1. The zero-order chi connectivity index (χ0) is 17.9. The first-order chi connectivity index (χ1) is 12.2. The molecule has 4 N–H and O–H groups in total. The Morgan fingerprint density at radius 1 is 1.16 bits per heavy atom. The third kappa shape index (κ3) is 6.21. The van der Waals surface area contributed by atoms with Crippen LogP contribution in [0.5, 0.6) is 0 Å². The van der Waals surface area contributed by atoms with Gasteiger partial charge in [0.2, 0.25) is 0 Å². The average molecular weight is 346 g/mol. The average Bonchev–Trinajstić information content (AvgIpc) is 3.00. The van der Waals surface area contributed by atoms with Gasteiger partial charge >= 0.3 is 0 Å². The highest BCUT2D eigenvalue weighted by atomic mass is 15.3. The van der Waals surface area contributed by atoms with Gasteiger partial charge in [-0.3, -0.25) is 9.67 Å². The summed E-state index contributed by atoms with van der Waals surface area (Å²) in [4.78, 5) is 12.8. The van der Waals surface area contributed by atoms with Crippen LogP contribution >= 0.6 is 0 Å². The van der Waals surface area contributed by atoms with Crippen LogP contribution in [0.4, 0.5) is 5.82 Å². The van der Waals surface area contributed by atoms with E-state index in [1.165, 1.54) is 38.4 Å². The number of unbranched alkanes of at least 4 members (excludes halogenated alkanes) is 5. The SMILES string of the molecule is CCCCCCCCN=C(N)NCCNc1ncnc2c1cnn2C. The van der Waals surface area contributed by atoms with E-state index in [2.05, 4.69) is 37.6 Å². The molecule has 0 amide bonds. The number of hydrogen-bond acceptors (Lipinski definition) is 5. The van der Waals surface area contributed by atoms with Crippen molar-refractivity contribution in [2.45, 2.75) is 45.4 Å². The summed E-state index contributed by atoms with van der Waals surface area (Å²) in [5.41, 5.74) is 6.69. The quantitative estimate of drug-likeness (QED) is 0.327. The van der Waals surface area contributed by atoms with E-state index in [0.29, 0.717) is 19.0 Å². The van der Waals surface area contributed by atoms with E-state index in [9.17, 15) is 0 Å². The number of nitrogens with two attached hydrogens (primary N) is 1. The van der Waals surface area contributed by atoms with E-state index < -0.39 is 0 Å². The lowest BCUT2D eigenvalue weighted by Gasteiger charge is -2.08. The Balaban J connectivity index is 1.62. The monoisotopic (exact) mass is 346 g/mol. The van der Waals surface area contributed by atoms with Crippen LogP contribution in [-0.4, -0.2) is 45.3 Å². The predicted molar refractivity (Wildman–Crippen MR) is 103 cm³/mol. The number of aromatic nitrogens is 4. The maximum Gasteiger partial charge on any atom is 0.188 e. The van der Waals surface area contributed by atoms with Gasteiger partial charge in [0, 0.05) is 26.7 Å². The molecule has 2 heterocycles. The normalized spacial score (nSPS) is 11.8. The van der Waals surface area contributed by atoms with Crippen molar-refractivity contribution in [3.05, 3.63) is 12.5 Å². The summed E-state index contributed by atoms with van der Waals surface area (Å²) in [7, 11) is 1.86. The molecule has 25 heavy (non-hydrogen) atoms. The second kappa shape index (κ2) is 10.5. The summed E-state index contributed by atoms with van der Waals surface area (Å²) in [5.74, 6) is 1.28. The maximum atomic E-state index is 5.88. The largest absolute Gasteiger partial charge is 0.370 e. The fourth-order valence-electron chi connectivity index (χ4n) is 2.62. The molecule has 0 saturated carbocycles. The number of nitrogens with zero attached hydrogens (tertiary/aromatic N) is 5. The zero-order valence-corrected chi connectivity index (χ0v) is 15.3. The van der Waals surface area contributed by atoms with Crippen LogP contribution < -0.4 is 16.4 Å². The highest BCUT2D eigenvalue weighted by Crippen LogP contribution is 2.16. The van der Waals surface area contributed by atoms with E-state index in [4.69, 9.17) is 5.73 Å².